The fourth-order valence-corrected chi connectivity index (χ4v) is 3.06. The van der Waals surface area contributed by atoms with E-state index in [0.29, 0.717) is 21.3 Å². The lowest BCUT2D eigenvalue weighted by molar-refractivity contribution is -0.385. The molecule has 2 rings (SSSR count). The fraction of sp³-hybridized carbons (Fsp3) is 0.167. The molecule has 1 aliphatic heterocycles. The zero-order valence-corrected chi connectivity index (χ0v) is 11.7. The number of hydrogen-bond donors (Lipinski definition) is 0. The zero-order chi connectivity index (χ0) is 14.0. The second-order valence-electron chi connectivity index (χ2n) is 3.74. The summed E-state index contributed by atoms with van der Waals surface area (Å²) in [6.07, 6.45) is 1.52. The highest BCUT2D eigenvalue weighted by Crippen LogP contribution is 2.33. The van der Waals surface area contributed by atoms with E-state index in [0.717, 1.165) is 0 Å². The predicted molar refractivity (Wildman–Crippen MR) is 78.6 cm³/mol. The van der Waals surface area contributed by atoms with Crippen LogP contribution >= 0.6 is 24.0 Å². The third kappa shape index (κ3) is 2.66. The van der Waals surface area contributed by atoms with Crippen molar-refractivity contribution in [3.05, 3.63) is 44.8 Å². The maximum atomic E-state index is 12.0. The molecule has 0 radical (unpaired) electrons. The number of nitrogens with zero attached hydrogens (tertiary/aromatic N) is 2. The van der Waals surface area contributed by atoms with Gasteiger partial charge >= 0.3 is 0 Å². The Balaban J connectivity index is 2.41. The summed E-state index contributed by atoms with van der Waals surface area (Å²) < 4.78 is 0.484. The number of benzene rings is 1. The van der Waals surface area contributed by atoms with Crippen LogP contribution in [0.4, 0.5) is 5.69 Å². The van der Waals surface area contributed by atoms with E-state index >= 15 is 0 Å². The monoisotopic (exact) mass is 294 g/mol. The molecular formula is C12H10N2O3S2. The molecule has 0 N–H and O–H groups in total. The van der Waals surface area contributed by atoms with Gasteiger partial charge in [0.05, 0.1) is 15.4 Å². The van der Waals surface area contributed by atoms with E-state index in [1.54, 1.807) is 18.2 Å². The van der Waals surface area contributed by atoms with Crippen molar-refractivity contribution >= 4 is 46.0 Å². The average molecular weight is 294 g/mol. The summed E-state index contributed by atoms with van der Waals surface area (Å²) in [7, 11) is 0. The lowest BCUT2D eigenvalue weighted by atomic mass is 10.1. The van der Waals surface area contributed by atoms with Crippen molar-refractivity contribution < 1.29 is 9.72 Å². The van der Waals surface area contributed by atoms with E-state index < -0.39 is 4.92 Å². The number of likely N-dealkylation sites (N-methyl/N-ethyl adjacent to an activating group) is 1. The molecular weight excluding hydrogens is 284 g/mol. The first-order chi connectivity index (χ1) is 9.04. The number of thiocarbonyl (C=S) groups is 1. The SMILES string of the molecule is CCN1C(=O)/C(=C/c2ccccc2[N+](=O)[O-])SC1=S. The highest BCUT2D eigenvalue weighted by Gasteiger charge is 2.31. The van der Waals surface area contributed by atoms with Gasteiger partial charge in [-0.1, -0.05) is 36.1 Å². The van der Waals surface area contributed by atoms with Gasteiger partial charge in [0.2, 0.25) is 0 Å². The van der Waals surface area contributed by atoms with Crippen LogP contribution in [0.2, 0.25) is 0 Å². The van der Waals surface area contributed by atoms with Crippen LogP contribution < -0.4 is 0 Å². The van der Waals surface area contributed by atoms with Crippen molar-refractivity contribution in [2.45, 2.75) is 6.92 Å². The lowest BCUT2D eigenvalue weighted by Crippen LogP contribution is -2.27. The van der Waals surface area contributed by atoms with Crippen LogP contribution in [-0.2, 0) is 4.79 Å². The highest BCUT2D eigenvalue weighted by molar-refractivity contribution is 8.26. The van der Waals surface area contributed by atoms with E-state index in [9.17, 15) is 14.9 Å². The Kier molecular flexibility index (Phi) is 3.96. The van der Waals surface area contributed by atoms with E-state index in [2.05, 4.69) is 0 Å². The van der Waals surface area contributed by atoms with Gasteiger partial charge in [0.15, 0.2) is 0 Å². The minimum Gasteiger partial charge on any atom is -0.293 e. The van der Waals surface area contributed by atoms with E-state index in [1.807, 2.05) is 6.92 Å². The van der Waals surface area contributed by atoms with Gasteiger partial charge in [0.1, 0.15) is 4.32 Å². The first-order valence-corrected chi connectivity index (χ1v) is 6.76. The number of hydrogen-bond acceptors (Lipinski definition) is 5. The highest BCUT2D eigenvalue weighted by atomic mass is 32.2. The van der Waals surface area contributed by atoms with Crippen molar-refractivity contribution in [2.75, 3.05) is 6.54 Å². The summed E-state index contributed by atoms with van der Waals surface area (Å²) in [4.78, 5) is 24.3. The number of nitro groups is 1. The van der Waals surface area contributed by atoms with E-state index in [-0.39, 0.29) is 11.6 Å². The third-order valence-electron chi connectivity index (χ3n) is 2.61. The molecule has 1 saturated heterocycles. The topological polar surface area (TPSA) is 63.5 Å². The molecule has 5 nitrogen and oxygen atoms in total. The largest absolute Gasteiger partial charge is 0.293 e. The molecule has 0 spiro atoms. The molecule has 1 heterocycles. The minimum absolute atomic E-state index is 0.0238. The molecule has 0 aliphatic carbocycles. The van der Waals surface area contributed by atoms with Gasteiger partial charge in [-0.25, -0.2) is 0 Å². The zero-order valence-electron chi connectivity index (χ0n) is 10.0. The molecule has 1 aromatic carbocycles. The summed E-state index contributed by atoms with van der Waals surface area (Å²) in [5.74, 6) is -0.198. The van der Waals surface area contributed by atoms with Crippen molar-refractivity contribution in [3.8, 4) is 0 Å². The minimum atomic E-state index is -0.466. The summed E-state index contributed by atoms with van der Waals surface area (Å²) in [6, 6.07) is 6.30. The molecule has 0 aromatic heterocycles. The Bertz CT molecular complexity index is 598. The van der Waals surface area contributed by atoms with Crippen LogP contribution in [0.1, 0.15) is 12.5 Å². The summed E-state index contributed by atoms with van der Waals surface area (Å²) in [5.41, 5.74) is 0.383. The molecule has 0 unspecified atom stereocenters. The number of amides is 1. The summed E-state index contributed by atoms with van der Waals surface area (Å²) in [5, 5.41) is 10.9. The van der Waals surface area contributed by atoms with Gasteiger partial charge in [-0.15, -0.1) is 0 Å². The number of carbonyl (C=O) groups excluding carboxylic acids is 1. The van der Waals surface area contributed by atoms with E-state index in [1.165, 1.54) is 28.8 Å². The van der Waals surface area contributed by atoms with Gasteiger partial charge in [0, 0.05) is 12.6 Å². The quantitative estimate of drug-likeness (QED) is 0.371. The maximum absolute atomic E-state index is 12.0. The smallest absolute Gasteiger partial charge is 0.276 e. The number of rotatable bonds is 3. The van der Waals surface area contributed by atoms with Crippen LogP contribution in [0.5, 0.6) is 0 Å². The first kappa shape index (κ1) is 13.7. The van der Waals surface area contributed by atoms with Crippen LogP contribution in [-0.4, -0.2) is 26.6 Å². The Morgan fingerprint density at radius 3 is 2.74 bits per heavy atom. The van der Waals surface area contributed by atoms with Gasteiger partial charge < -0.3 is 0 Å². The van der Waals surface area contributed by atoms with Gasteiger partial charge in [-0.3, -0.25) is 19.8 Å². The van der Waals surface area contributed by atoms with Crippen LogP contribution in [0.3, 0.4) is 0 Å². The number of thioether (sulfide) groups is 1. The normalized spacial score (nSPS) is 17.3. The molecule has 0 atom stereocenters. The second kappa shape index (κ2) is 5.50. The molecule has 1 fully saturated rings. The van der Waals surface area contributed by atoms with Crippen molar-refractivity contribution in [3.63, 3.8) is 0 Å². The van der Waals surface area contributed by atoms with Gasteiger partial charge in [0.25, 0.3) is 11.6 Å². The molecule has 0 saturated carbocycles. The molecule has 7 heteroatoms. The Hall–Kier alpha value is -1.73. The summed E-state index contributed by atoms with van der Waals surface area (Å²) >= 11 is 6.26. The lowest BCUT2D eigenvalue weighted by Gasteiger charge is -2.09. The van der Waals surface area contributed by atoms with Crippen molar-refractivity contribution in [1.29, 1.82) is 0 Å². The van der Waals surface area contributed by atoms with Gasteiger partial charge in [-0.2, -0.15) is 0 Å². The maximum Gasteiger partial charge on any atom is 0.276 e. The Morgan fingerprint density at radius 2 is 2.16 bits per heavy atom. The second-order valence-corrected chi connectivity index (χ2v) is 5.42. The molecule has 1 aromatic rings. The van der Waals surface area contributed by atoms with Crippen molar-refractivity contribution in [1.82, 2.24) is 4.90 Å². The molecule has 0 bridgehead atoms. The molecule has 1 aliphatic rings. The van der Waals surface area contributed by atoms with Crippen molar-refractivity contribution in [2.24, 2.45) is 0 Å². The standard InChI is InChI=1S/C12H10N2O3S2/c1-2-13-11(15)10(19-12(13)18)7-8-5-3-4-6-9(8)14(16)17/h3-7H,2H2,1H3/b10-7-. The molecule has 1 amide bonds. The molecule has 19 heavy (non-hydrogen) atoms. The number of nitro benzene ring substituents is 1. The fourth-order valence-electron chi connectivity index (χ4n) is 1.69. The Labute approximate surface area is 119 Å². The average Bonchev–Trinajstić information content (AvgIpc) is 2.64. The number of para-hydroxylation sites is 1. The van der Waals surface area contributed by atoms with Crippen LogP contribution in [0.15, 0.2) is 29.2 Å². The van der Waals surface area contributed by atoms with E-state index in [4.69, 9.17) is 12.2 Å². The van der Waals surface area contributed by atoms with Gasteiger partial charge in [-0.05, 0) is 19.1 Å². The predicted octanol–water partition coefficient (Wildman–Crippen LogP) is 2.82. The van der Waals surface area contributed by atoms with Crippen LogP contribution in [0, 0.1) is 10.1 Å². The van der Waals surface area contributed by atoms with Crippen LogP contribution in [0.25, 0.3) is 6.08 Å². The number of carbonyl (C=O) groups is 1. The first-order valence-electron chi connectivity index (χ1n) is 5.53. The molecule has 98 valence electrons. The third-order valence-corrected chi connectivity index (χ3v) is 3.99. The summed E-state index contributed by atoms with van der Waals surface area (Å²) in [6.45, 7) is 2.33. The Morgan fingerprint density at radius 1 is 1.47 bits per heavy atom.